The van der Waals surface area contributed by atoms with E-state index in [-0.39, 0.29) is 0 Å². The first-order chi connectivity index (χ1) is 19.4. The summed E-state index contributed by atoms with van der Waals surface area (Å²) >= 11 is 3.90. The van der Waals surface area contributed by atoms with Gasteiger partial charge in [-0.05, 0) is 89.8 Å². The summed E-state index contributed by atoms with van der Waals surface area (Å²) in [6.45, 7) is 6.94. The zero-order chi connectivity index (χ0) is 29.4. The number of rotatable bonds is 10. The van der Waals surface area contributed by atoms with E-state index in [2.05, 4.69) is 117 Å². The van der Waals surface area contributed by atoms with Gasteiger partial charge in [0.05, 0.1) is 55.4 Å². The lowest BCUT2D eigenvalue weighted by Crippen LogP contribution is -2.36. The average molecular weight is 585 g/mol. The normalized spacial score (nSPS) is 14.3. The van der Waals surface area contributed by atoms with Crippen molar-refractivity contribution in [1.82, 2.24) is 0 Å². The fraction of sp³-hybridized carbons (Fsp3) is 0.405. The molecule has 41 heavy (non-hydrogen) atoms. The van der Waals surface area contributed by atoms with Crippen LogP contribution in [0.2, 0.25) is 0 Å². The highest BCUT2D eigenvalue weighted by Gasteiger charge is 2.23. The second-order valence-electron chi connectivity index (χ2n) is 13.9. The average Bonchev–Trinajstić information content (AvgIpc) is 3.64. The standard InChI is InChI=1S/C37H48N2S2/c1-26-34(24-36(40-26)30-16-12-28(13-17-30)20-22-38(3,4)5)32-10-9-11-33(32)35-25-37(41-27(35)2)31-18-14-29(15-19-31)21-23-39(6,7)8/h12-19,24-25H,9-11,20-23H2,1-8H3/q+2. The number of aryl methyl sites for hydroxylation is 2. The van der Waals surface area contributed by atoms with Crippen molar-refractivity contribution in [3.05, 3.63) is 92.7 Å². The van der Waals surface area contributed by atoms with E-state index in [1.807, 2.05) is 22.7 Å². The topological polar surface area (TPSA) is 0 Å². The van der Waals surface area contributed by atoms with E-state index >= 15 is 0 Å². The second kappa shape index (κ2) is 12.0. The lowest BCUT2D eigenvalue weighted by atomic mass is 9.96. The highest BCUT2D eigenvalue weighted by molar-refractivity contribution is 7.16. The second-order valence-corrected chi connectivity index (χ2v) is 16.4. The Balaban J connectivity index is 1.37. The zero-order valence-electron chi connectivity index (χ0n) is 26.4. The minimum atomic E-state index is 1.00. The van der Waals surface area contributed by atoms with Gasteiger partial charge < -0.3 is 8.97 Å². The van der Waals surface area contributed by atoms with Crippen LogP contribution in [0.3, 0.4) is 0 Å². The molecule has 0 aliphatic heterocycles. The molecule has 0 bridgehead atoms. The summed E-state index contributed by atoms with van der Waals surface area (Å²) in [7, 11) is 13.6. The quantitative estimate of drug-likeness (QED) is 0.163. The first-order valence-corrected chi connectivity index (χ1v) is 16.7. The molecule has 216 valence electrons. The summed E-state index contributed by atoms with van der Waals surface area (Å²) in [5.74, 6) is 0. The van der Waals surface area contributed by atoms with Crippen molar-refractivity contribution in [2.75, 3.05) is 55.4 Å². The molecular weight excluding hydrogens is 537 g/mol. The molecule has 1 aliphatic rings. The molecule has 0 amide bonds. The van der Waals surface area contributed by atoms with Crippen LogP contribution in [0.1, 0.15) is 51.3 Å². The van der Waals surface area contributed by atoms with Crippen molar-refractivity contribution >= 4 is 33.8 Å². The van der Waals surface area contributed by atoms with Gasteiger partial charge in [0, 0.05) is 32.4 Å². The van der Waals surface area contributed by atoms with Gasteiger partial charge in [0.1, 0.15) is 0 Å². The van der Waals surface area contributed by atoms with Crippen molar-refractivity contribution in [2.45, 2.75) is 46.0 Å². The molecule has 4 heteroatoms. The van der Waals surface area contributed by atoms with Crippen molar-refractivity contribution in [2.24, 2.45) is 0 Å². The van der Waals surface area contributed by atoms with Gasteiger partial charge >= 0.3 is 0 Å². The SMILES string of the molecule is Cc1sc(-c2ccc(CC[N+](C)(C)C)cc2)cc1C1=C(c2cc(-c3ccc(CC[N+](C)(C)C)cc3)sc2C)CCC1. The molecule has 4 aromatic rings. The molecular formula is C37H48N2S2+2. The van der Waals surface area contributed by atoms with Crippen molar-refractivity contribution in [3.8, 4) is 20.9 Å². The van der Waals surface area contributed by atoms with Crippen LogP contribution < -0.4 is 0 Å². The maximum Gasteiger partial charge on any atom is 0.0821 e. The number of benzene rings is 2. The highest BCUT2D eigenvalue weighted by Crippen LogP contribution is 2.47. The summed E-state index contributed by atoms with van der Waals surface area (Å²) in [6, 6.07) is 23.6. The van der Waals surface area contributed by atoms with Gasteiger partial charge in [-0.1, -0.05) is 48.5 Å². The maximum absolute atomic E-state index is 2.47. The lowest BCUT2D eigenvalue weighted by molar-refractivity contribution is -0.870. The predicted molar refractivity (Wildman–Crippen MR) is 183 cm³/mol. The van der Waals surface area contributed by atoms with E-state index < -0.39 is 0 Å². The van der Waals surface area contributed by atoms with Gasteiger partial charge in [-0.25, -0.2) is 0 Å². The molecule has 0 N–H and O–H groups in total. The summed E-state index contributed by atoms with van der Waals surface area (Å²) in [4.78, 5) is 5.67. The summed E-state index contributed by atoms with van der Waals surface area (Å²) in [5, 5.41) is 0. The molecule has 0 atom stereocenters. The molecule has 0 saturated heterocycles. The monoisotopic (exact) mass is 584 g/mol. The number of hydrogen-bond acceptors (Lipinski definition) is 2. The van der Waals surface area contributed by atoms with Crippen LogP contribution in [0.5, 0.6) is 0 Å². The maximum atomic E-state index is 2.47. The molecule has 0 unspecified atom stereocenters. The molecule has 2 heterocycles. The Morgan fingerprint density at radius 1 is 0.561 bits per heavy atom. The molecule has 0 radical (unpaired) electrons. The Kier molecular flexibility index (Phi) is 8.78. The number of nitrogens with zero attached hydrogens (tertiary/aromatic N) is 2. The number of likely N-dealkylation sites (N-methyl/N-ethyl adjacent to an activating group) is 2. The van der Waals surface area contributed by atoms with Gasteiger partial charge in [0.2, 0.25) is 0 Å². The number of hydrogen-bond donors (Lipinski definition) is 0. The van der Waals surface area contributed by atoms with E-state index in [1.54, 1.807) is 11.1 Å². The van der Waals surface area contributed by atoms with Crippen molar-refractivity contribution < 1.29 is 8.97 Å². The zero-order valence-corrected chi connectivity index (χ0v) is 28.1. The Hall–Kier alpha value is -2.50. The predicted octanol–water partition coefficient (Wildman–Crippen LogP) is 9.35. The van der Waals surface area contributed by atoms with Crippen LogP contribution in [0.15, 0.2) is 60.7 Å². The molecule has 1 aliphatic carbocycles. The minimum absolute atomic E-state index is 1.00. The van der Waals surface area contributed by atoms with Gasteiger partial charge in [-0.2, -0.15) is 0 Å². The first kappa shape index (κ1) is 30.0. The lowest BCUT2D eigenvalue weighted by Gasteiger charge is -2.23. The van der Waals surface area contributed by atoms with Crippen LogP contribution in [-0.2, 0) is 12.8 Å². The van der Waals surface area contributed by atoms with Crippen LogP contribution in [0.25, 0.3) is 32.0 Å². The Bertz CT molecular complexity index is 1400. The van der Waals surface area contributed by atoms with Gasteiger partial charge in [-0.3, -0.25) is 0 Å². The molecule has 2 aromatic carbocycles. The Labute approximate surface area is 256 Å². The van der Waals surface area contributed by atoms with Crippen molar-refractivity contribution in [1.29, 1.82) is 0 Å². The number of allylic oxidation sites excluding steroid dienone is 2. The van der Waals surface area contributed by atoms with Crippen LogP contribution in [-0.4, -0.2) is 64.3 Å². The van der Waals surface area contributed by atoms with E-state index in [9.17, 15) is 0 Å². The first-order valence-electron chi connectivity index (χ1n) is 15.1. The minimum Gasteiger partial charge on any atom is -0.331 e. The molecule has 5 rings (SSSR count). The third-order valence-corrected chi connectivity index (χ3v) is 10.5. The van der Waals surface area contributed by atoms with Crippen molar-refractivity contribution in [3.63, 3.8) is 0 Å². The molecule has 2 aromatic heterocycles. The summed E-state index contributed by atoms with van der Waals surface area (Å²) in [5.41, 5.74) is 11.6. The Morgan fingerprint density at radius 3 is 1.27 bits per heavy atom. The van der Waals surface area contributed by atoms with E-state index in [0.29, 0.717) is 0 Å². The molecule has 2 nitrogen and oxygen atoms in total. The Morgan fingerprint density at radius 2 is 0.927 bits per heavy atom. The van der Waals surface area contributed by atoms with Crippen LogP contribution >= 0.6 is 22.7 Å². The van der Waals surface area contributed by atoms with E-state index in [4.69, 9.17) is 0 Å². The van der Waals surface area contributed by atoms with Gasteiger partial charge in [0.25, 0.3) is 0 Å². The third kappa shape index (κ3) is 7.48. The number of thiophene rings is 2. The molecule has 0 saturated carbocycles. The van der Waals surface area contributed by atoms with E-state index in [0.717, 1.165) is 34.9 Å². The molecule has 0 fully saturated rings. The highest BCUT2D eigenvalue weighted by atomic mass is 32.1. The number of quaternary nitrogens is 2. The summed E-state index contributed by atoms with van der Waals surface area (Å²) in [6.07, 6.45) is 5.86. The largest absolute Gasteiger partial charge is 0.331 e. The fourth-order valence-corrected chi connectivity index (χ4v) is 7.89. The fourth-order valence-electron chi connectivity index (χ4n) is 5.79. The van der Waals surface area contributed by atoms with E-state index in [1.165, 1.54) is 72.2 Å². The smallest absolute Gasteiger partial charge is 0.0821 e. The molecule has 0 spiro atoms. The third-order valence-electron chi connectivity index (χ3n) is 8.32. The summed E-state index contributed by atoms with van der Waals surface area (Å²) < 4.78 is 2.00. The van der Waals surface area contributed by atoms with Crippen LogP contribution in [0.4, 0.5) is 0 Å². The van der Waals surface area contributed by atoms with Gasteiger partial charge in [0.15, 0.2) is 0 Å². The van der Waals surface area contributed by atoms with Gasteiger partial charge in [-0.15, -0.1) is 22.7 Å². The van der Waals surface area contributed by atoms with Crippen LogP contribution in [0, 0.1) is 13.8 Å².